The number of aliphatic hydroxyl groups is 1. The third-order valence-electron chi connectivity index (χ3n) is 5.97. The monoisotopic (exact) mass is 333 g/mol. The summed E-state index contributed by atoms with van der Waals surface area (Å²) >= 11 is 0. The van der Waals surface area contributed by atoms with Gasteiger partial charge in [-0.15, -0.1) is 5.10 Å². The number of nitrogens with zero attached hydrogens (tertiary/aromatic N) is 5. The topological polar surface area (TPSA) is 74.5 Å². The van der Waals surface area contributed by atoms with Crippen LogP contribution in [0.3, 0.4) is 0 Å². The summed E-state index contributed by atoms with van der Waals surface area (Å²) in [6, 6.07) is 0.454. The lowest BCUT2D eigenvalue weighted by Gasteiger charge is -2.49. The van der Waals surface area contributed by atoms with Crippen molar-refractivity contribution in [3.63, 3.8) is 0 Å². The third kappa shape index (κ3) is 3.07. The number of aromatic nitrogens is 3. The molecule has 4 aliphatic heterocycles. The maximum atomic E-state index is 12.8. The first-order chi connectivity index (χ1) is 11.7. The van der Waals surface area contributed by atoms with E-state index in [1.165, 1.54) is 0 Å². The number of hydrogen-bond acceptors (Lipinski definition) is 5. The zero-order valence-electron chi connectivity index (χ0n) is 14.2. The van der Waals surface area contributed by atoms with E-state index in [1.54, 1.807) is 0 Å². The van der Waals surface area contributed by atoms with Crippen molar-refractivity contribution >= 4 is 5.91 Å². The minimum absolute atomic E-state index is 0.108. The van der Waals surface area contributed by atoms with E-state index in [-0.39, 0.29) is 12.5 Å². The average Bonchev–Trinajstić information content (AvgIpc) is 3.27. The lowest BCUT2D eigenvalue weighted by Crippen LogP contribution is -2.58. The Balaban J connectivity index is 1.38. The smallest absolute Gasteiger partial charge is 0.227 e. The second-order valence-electron chi connectivity index (χ2n) is 7.48. The van der Waals surface area contributed by atoms with Gasteiger partial charge in [-0.05, 0) is 38.1 Å². The number of fused-ring (bicyclic) bond motifs is 3. The van der Waals surface area contributed by atoms with Crippen LogP contribution in [0.25, 0.3) is 0 Å². The number of amides is 1. The molecule has 7 nitrogen and oxygen atoms in total. The minimum Gasteiger partial charge on any atom is -0.396 e. The third-order valence-corrected chi connectivity index (χ3v) is 5.97. The fourth-order valence-corrected chi connectivity index (χ4v) is 4.65. The van der Waals surface area contributed by atoms with E-state index in [0.717, 1.165) is 64.1 Å². The average molecular weight is 333 g/mol. The van der Waals surface area contributed by atoms with E-state index in [0.29, 0.717) is 24.3 Å². The molecule has 2 bridgehead atoms. The molecule has 1 amide bonds. The highest BCUT2D eigenvalue weighted by atomic mass is 16.3. The SMILES string of the molecule is O=C([C@H]1CN2CCC1C[C@@H]2Cn1cc(CCO)nn1)N1CCCC1. The Morgan fingerprint density at radius 3 is 2.83 bits per heavy atom. The van der Waals surface area contributed by atoms with Crippen molar-refractivity contribution in [1.82, 2.24) is 24.8 Å². The number of carbonyl (C=O) groups excluding carboxylic acids is 1. The molecule has 24 heavy (non-hydrogen) atoms. The predicted molar refractivity (Wildman–Crippen MR) is 88.2 cm³/mol. The van der Waals surface area contributed by atoms with Gasteiger partial charge in [0.2, 0.25) is 5.91 Å². The number of rotatable bonds is 5. The first kappa shape index (κ1) is 16.0. The van der Waals surface area contributed by atoms with Gasteiger partial charge in [0.25, 0.3) is 0 Å². The Hall–Kier alpha value is -1.47. The number of likely N-dealkylation sites (tertiary alicyclic amines) is 1. The van der Waals surface area contributed by atoms with Crippen molar-refractivity contribution in [1.29, 1.82) is 0 Å². The number of carbonyl (C=O) groups is 1. The molecule has 0 spiro atoms. The molecule has 7 heteroatoms. The fourth-order valence-electron chi connectivity index (χ4n) is 4.65. The highest BCUT2D eigenvalue weighted by molar-refractivity contribution is 5.80. The van der Waals surface area contributed by atoms with Crippen molar-refractivity contribution in [3.8, 4) is 0 Å². The molecule has 0 aromatic carbocycles. The van der Waals surface area contributed by atoms with E-state index in [1.807, 2.05) is 10.9 Å². The Bertz CT molecular complexity index is 583. The molecule has 4 saturated heterocycles. The molecule has 0 radical (unpaired) electrons. The van der Waals surface area contributed by atoms with Crippen molar-refractivity contribution < 1.29 is 9.90 Å². The molecule has 5 heterocycles. The Morgan fingerprint density at radius 1 is 1.29 bits per heavy atom. The standard InChI is InChI=1S/C17H27N5O2/c23-8-4-14-10-22(19-18-14)11-15-9-13-3-7-21(15)12-16(13)17(24)20-5-1-2-6-20/h10,13,15-16,23H,1-9,11-12H2/t13?,15-,16+/m1/s1. The van der Waals surface area contributed by atoms with Gasteiger partial charge in [-0.25, -0.2) is 0 Å². The highest BCUT2D eigenvalue weighted by Gasteiger charge is 2.44. The summed E-state index contributed by atoms with van der Waals surface area (Å²) in [6.07, 6.45) is 7.05. The largest absolute Gasteiger partial charge is 0.396 e. The molecule has 1 N–H and O–H groups in total. The summed E-state index contributed by atoms with van der Waals surface area (Å²) in [5.74, 6) is 1.12. The maximum Gasteiger partial charge on any atom is 0.227 e. The van der Waals surface area contributed by atoms with E-state index in [9.17, 15) is 4.79 Å². The normalized spacial score (nSPS) is 32.5. The van der Waals surface area contributed by atoms with Crippen LogP contribution in [0.4, 0.5) is 0 Å². The first-order valence-corrected chi connectivity index (χ1v) is 9.27. The van der Waals surface area contributed by atoms with Crippen LogP contribution in [0.5, 0.6) is 0 Å². The lowest BCUT2D eigenvalue weighted by atomic mass is 9.75. The molecule has 132 valence electrons. The number of aliphatic hydroxyl groups excluding tert-OH is 1. The molecular weight excluding hydrogens is 306 g/mol. The summed E-state index contributed by atoms with van der Waals surface area (Å²) in [5.41, 5.74) is 0.843. The predicted octanol–water partition coefficient (Wildman–Crippen LogP) is 0.146. The molecule has 1 aromatic rings. The zero-order valence-corrected chi connectivity index (χ0v) is 14.2. The molecule has 5 rings (SSSR count). The zero-order chi connectivity index (χ0) is 16.5. The van der Waals surface area contributed by atoms with Crippen molar-refractivity contribution in [2.45, 2.75) is 44.7 Å². The Labute approximate surface area is 142 Å². The quantitative estimate of drug-likeness (QED) is 0.830. The van der Waals surface area contributed by atoms with Gasteiger partial charge in [0.1, 0.15) is 0 Å². The molecule has 1 aromatic heterocycles. The van der Waals surface area contributed by atoms with Crippen LogP contribution in [0.2, 0.25) is 0 Å². The summed E-state index contributed by atoms with van der Waals surface area (Å²) in [7, 11) is 0. The number of hydrogen-bond donors (Lipinski definition) is 1. The molecule has 4 atom stereocenters. The molecule has 4 fully saturated rings. The molecule has 4 aliphatic rings. The van der Waals surface area contributed by atoms with Crippen molar-refractivity contribution in [3.05, 3.63) is 11.9 Å². The van der Waals surface area contributed by atoms with Crippen LogP contribution in [0, 0.1) is 11.8 Å². The van der Waals surface area contributed by atoms with Gasteiger partial charge < -0.3 is 10.0 Å². The molecule has 0 saturated carbocycles. The second-order valence-corrected chi connectivity index (χ2v) is 7.48. The van der Waals surface area contributed by atoms with E-state index < -0.39 is 0 Å². The number of piperidine rings is 3. The van der Waals surface area contributed by atoms with Gasteiger partial charge >= 0.3 is 0 Å². The van der Waals surface area contributed by atoms with Gasteiger partial charge in [-0.1, -0.05) is 5.21 Å². The van der Waals surface area contributed by atoms with Crippen LogP contribution >= 0.6 is 0 Å². The molecule has 0 aliphatic carbocycles. The lowest BCUT2D eigenvalue weighted by molar-refractivity contribution is -0.142. The van der Waals surface area contributed by atoms with Gasteiger partial charge in [-0.2, -0.15) is 0 Å². The highest BCUT2D eigenvalue weighted by Crippen LogP contribution is 2.38. The van der Waals surface area contributed by atoms with Crippen LogP contribution in [-0.2, 0) is 17.8 Å². The van der Waals surface area contributed by atoms with E-state index in [4.69, 9.17) is 5.11 Å². The van der Waals surface area contributed by atoms with Gasteiger partial charge in [0, 0.05) is 44.9 Å². The van der Waals surface area contributed by atoms with Gasteiger partial charge in [-0.3, -0.25) is 14.4 Å². The summed E-state index contributed by atoms with van der Waals surface area (Å²) in [4.78, 5) is 17.3. The Morgan fingerprint density at radius 2 is 2.12 bits per heavy atom. The van der Waals surface area contributed by atoms with Crippen LogP contribution in [0.15, 0.2) is 6.20 Å². The second kappa shape index (κ2) is 6.80. The molecule has 2 unspecified atom stereocenters. The van der Waals surface area contributed by atoms with E-state index >= 15 is 0 Å². The Kier molecular flexibility index (Phi) is 4.54. The summed E-state index contributed by atoms with van der Waals surface area (Å²) < 4.78 is 1.90. The molecular formula is C17H27N5O2. The van der Waals surface area contributed by atoms with Crippen LogP contribution < -0.4 is 0 Å². The van der Waals surface area contributed by atoms with Crippen LogP contribution in [-0.4, -0.2) is 74.6 Å². The van der Waals surface area contributed by atoms with Gasteiger partial charge in [0.05, 0.1) is 18.2 Å². The van der Waals surface area contributed by atoms with Crippen molar-refractivity contribution in [2.24, 2.45) is 11.8 Å². The fraction of sp³-hybridized carbons (Fsp3) is 0.824. The van der Waals surface area contributed by atoms with Crippen LogP contribution in [0.1, 0.15) is 31.4 Å². The first-order valence-electron chi connectivity index (χ1n) is 9.27. The van der Waals surface area contributed by atoms with E-state index in [2.05, 4.69) is 20.1 Å². The summed E-state index contributed by atoms with van der Waals surface area (Å²) in [6.45, 7) is 4.85. The van der Waals surface area contributed by atoms with Gasteiger partial charge in [0.15, 0.2) is 0 Å². The summed E-state index contributed by atoms with van der Waals surface area (Å²) in [5, 5.41) is 17.3. The minimum atomic E-state index is 0.108. The van der Waals surface area contributed by atoms with Crippen molar-refractivity contribution in [2.75, 3.05) is 32.8 Å². The maximum absolute atomic E-state index is 12.8.